The molecule has 1 saturated carbocycles. The number of rotatable bonds is 19. The molecule has 0 radical (unpaired) electrons. The molecular weight excluding hydrogens is 837 g/mol. The molecule has 4 aliphatic rings. The van der Waals surface area contributed by atoms with Crippen molar-refractivity contribution in [1.29, 1.82) is 0 Å². The third-order valence-electron chi connectivity index (χ3n) is 13.4. The highest BCUT2D eigenvalue weighted by molar-refractivity contribution is 6.03. The van der Waals surface area contributed by atoms with Crippen LogP contribution < -0.4 is 18.9 Å². The molecule has 0 unspecified atom stereocenters. The number of amides is 1. The maximum absolute atomic E-state index is 14.4. The van der Waals surface area contributed by atoms with E-state index in [4.69, 9.17) is 38.4 Å². The van der Waals surface area contributed by atoms with Gasteiger partial charge in [-0.15, -0.1) is 6.58 Å². The zero-order valence-electron chi connectivity index (χ0n) is 37.4. The molecule has 1 fully saturated rings. The normalized spacial score (nSPS) is 23.0. The zero-order valence-corrected chi connectivity index (χ0v) is 37.4. The Kier molecular flexibility index (Phi) is 13.9. The number of fused-ring (bicyclic) bond motifs is 4. The van der Waals surface area contributed by atoms with Crippen LogP contribution in [-0.2, 0) is 27.5 Å². The lowest BCUT2D eigenvalue weighted by molar-refractivity contribution is -0.256. The van der Waals surface area contributed by atoms with Gasteiger partial charge in [0.1, 0.15) is 29.9 Å². The van der Waals surface area contributed by atoms with Crippen molar-refractivity contribution in [3.63, 3.8) is 0 Å². The minimum absolute atomic E-state index is 0.0277. The van der Waals surface area contributed by atoms with Gasteiger partial charge in [0.25, 0.3) is 0 Å². The van der Waals surface area contributed by atoms with Gasteiger partial charge in [-0.1, -0.05) is 96.9 Å². The topological polar surface area (TPSA) is 138 Å². The Balaban J connectivity index is 1.22. The third-order valence-corrected chi connectivity index (χ3v) is 13.4. The molecule has 2 heterocycles. The number of carbonyl (C=O) groups excluding carboxylic acids is 1. The number of methoxy groups -OCH3 is 1. The average molecular weight is 895 g/mol. The fourth-order valence-electron chi connectivity index (χ4n) is 10.5. The summed E-state index contributed by atoms with van der Waals surface area (Å²) in [7, 11) is 1.38. The molecule has 5 aromatic rings. The third kappa shape index (κ3) is 9.22. The Bertz CT molecular complexity index is 2560. The molecule has 5 aromatic carbocycles. The van der Waals surface area contributed by atoms with Crippen LogP contribution in [0.4, 0.5) is 4.79 Å². The highest BCUT2D eigenvalue weighted by Gasteiger charge is 2.65. The number of benzene rings is 5. The SMILES string of the molecule is C=CCO[C@@]12Oc3ccc(Oc4ccc5ccccc5c4)cc3[C@H]3[C@H](CCCCO)[C@@H](CCCCO)C=C(C(=NOCc4ccccc4)C[C@@H]1N(Cc1ccc4c(c1)OCO4)C(=O)OC)[C@H]32. The van der Waals surface area contributed by atoms with Crippen LogP contribution in [0.5, 0.6) is 28.7 Å². The lowest BCUT2D eigenvalue weighted by atomic mass is 9.55. The van der Waals surface area contributed by atoms with Crippen molar-refractivity contribution in [2.24, 2.45) is 22.9 Å². The second kappa shape index (κ2) is 20.4. The standard InChI is InChI=1S/C54H58N2O10/c1-3-27-63-54-50(56(53(59)60-2)33-37-19-23-48-49(28-37)62-35-61-48)32-46(55-64-34-36-13-5-4-6-14-36)44-30-40(17-9-11-25-57)43(18-10-12-26-58)51(52(44)54)45-31-42(22-24-47(45)66-54)65-41-21-20-38-15-7-8-16-39(38)29-41/h3-8,13-16,19-24,28-31,40,43,50-52,57-58H,1,9-12,17-18,25-27,32-35H2,2H3/t40-,43+,50-,51+,52+,54+/m0/s1. The predicted molar refractivity (Wildman–Crippen MR) is 251 cm³/mol. The van der Waals surface area contributed by atoms with Crippen molar-refractivity contribution in [1.82, 2.24) is 4.90 Å². The molecule has 1 amide bonds. The monoisotopic (exact) mass is 894 g/mol. The zero-order chi connectivity index (χ0) is 45.5. The summed E-state index contributed by atoms with van der Waals surface area (Å²) in [5, 5.41) is 27.2. The van der Waals surface area contributed by atoms with Crippen LogP contribution in [0.3, 0.4) is 0 Å². The molecule has 6 atom stereocenters. The smallest absolute Gasteiger partial charge is 0.410 e. The lowest BCUT2D eigenvalue weighted by Gasteiger charge is -2.59. The van der Waals surface area contributed by atoms with E-state index < -0.39 is 23.8 Å². The van der Waals surface area contributed by atoms with Crippen LogP contribution in [0.25, 0.3) is 10.8 Å². The second-order valence-corrected chi connectivity index (χ2v) is 17.4. The Morgan fingerprint density at radius 2 is 1.58 bits per heavy atom. The van der Waals surface area contributed by atoms with E-state index in [0.29, 0.717) is 47.3 Å². The number of unbranched alkanes of at least 4 members (excludes halogenated alkanes) is 2. The van der Waals surface area contributed by atoms with E-state index in [2.05, 4.69) is 36.9 Å². The van der Waals surface area contributed by atoms with Crippen molar-refractivity contribution in [2.75, 3.05) is 33.7 Å². The van der Waals surface area contributed by atoms with Gasteiger partial charge < -0.3 is 43.5 Å². The number of ether oxygens (including phenoxy) is 6. The van der Waals surface area contributed by atoms with Crippen molar-refractivity contribution < 1.29 is 48.3 Å². The summed E-state index contributed by atoms with van der Waals surface area (Å²) in [6.07, 6.45) is 8.21. The summed E-state index contributed by atoms with van der Waals surface area (Å²) in [5.41, 5.74) is 4.32. The summed E-state index contributed by atoms with van der Waals surface area (Å²) < 4.78 is 38.2. The van der Waals surface area contributed by atoms with Gasteiger partial charge >= 0.3 is 6.09 Å². The largest absolute Gasteiger partial charge is 0.459 e. The molecular formula is C54H58N2O10. The summed E-state index contributed by atoms with van der Waals surface area (Å²) in [6, 6.07) is 35.0. The van der Waals surface area contributed by atoms with E-state index in [1.807, 2.05) is 84.9 Å². The first kappa shape index (κ1) is 44.8. The molecule has 66 heavy (non-hydrogen) atoms. The molecule has 2 aliphatic heterocycles. The van der Waals surface area contributed by atoms with Crippen molar-refractivity contribution in [3.8, 4) is 28.7 Å². The second-order valence-electron chi connectivity index (χ2n) is 17.4. The fourth-order valence-corrected chi connectivity index (χ4v) is 10.5. The van der Waals surface area contributed by atoms with Crippen LogP contribution in [0, 0.1) is 17.8 Å². The first-order chi connectivity index (χ1) is 32.4. The highest BCUT2D eigenvalue weighted by atomic mass is 16.7. The van der Waals surface area contributed by atoms with Gasteiger partial charge in [-0.2, -0.15) is 0 Å². The average Bonchev–Trinajstić information content (AvgIpc) is 3.82. The van der Waals surface area contributed by atoms with Gasteiger partial charge in [0.05, 0.1) is 25.3 Å². The van der Waals surface area contributed by atoms with E-state index in [1.54, 1.807) is 11.0 Å². The highest BCUT2D eigenvalue weighted by Crippen LogP contribution is 2.62. The predicted octanol–water partition coefficient (Wildman–Crippen LogP) is 10.5. The summed E-state index contributed by atoms with van der Waals surface area (Å²) in [4.78, 5) is 22.4. The van der Waals surface area contributed by atoms with Crippen molar-refractivity contribution in [2.45, 2.75) is 75.8 Å². The molecule has 0 saturated heterocycles. The lowest BCUT2D eigenvalue weighted by Crippen LogP contribution is -2.70. The first-order valence-corrected chi connectivity index (χ1v) is 23.1. The van der Waals surface area contributed by atoms with Crippen LogP contribution in [0.15, 0.2) is 139 Å². The Morgan fingerprint density at radius 3 is 2.38 bits per heavy atom. The number of hydrogen-bond donors (Lipinski definition) is 2. The van der Waals surface area contributed by atoms with Crippen molar-refractivity contribution in [3.05, 3.63) is 150 Å². The number of allylic oxidation sites excluding steroid dienone is 1. The maximum atomic E-state index is 14.4. The number of hydrogen-bond acceptors (Lipinski definition) is 11. The molecule has 12 nitrogen and oxygen atoms in total. The van der Waals surface area contributed by atoms with E-state index >= 15 is 0 Å². The molecule has 0 spiro atoms. The molecule has 9 rings (SSSR count). The molecule has 12 heteroatoms. The molecule has 2 aliphatic carbocycles. The quantitative estimate of drug-likeness (QED) is 0.0468. The minimum Gasteiger partial charge on any atom is -0.459 e. The molecule has 2 N–H and O–H groups in total. The van der Waals surface area contributed by atoms with Crippen LogP contribution in [0.1, 0.15) is 67.6 Å². The number of carbonyl (C=O) groups is 1. The Morgan fingerprint density at radius 1 is 0.833 bits per heavy atom. The maximum Gasteiger partial charge on any atom is 0.410 e. The van der Waals surface area contributed by atoms with Crippen LogP contribution >= 0.6 is 0 Å². The number of aliphatic hydroxyl groups excluding tert-OH is 2. The van der Waals surface area contributed by atoms with Gasteiger partial charge in [0.2, 0.25) is 12.6 Å². The van der Waals surface area contributed by atoms with Gasteiger partial charge in [0.15, 0.2) is 11.5 Å². The summed E-state index contributed by atoms with van der Waals surface area (Å²) in [5.74, 6) is 1.05. The Labute approximate surface area is 386 Å². The van der Waals surface area contributed by atoms with Crippen molar-refractivity contribution >= 4 is 22.6 Å². The number of nitrogens with zero attached hydrogens (tertiary/aromatic N) is 2. The van der Waals surface area contributed by atoms with E-state index in [9.17, 15) is 15.0 Å². The summed E-state index contributed by atoms with van der Waals surface area (Å²) in [6.45, 7) is 4.85. The Hall–Kier alpha value is -6.34. The van der Waals surface area contributed by atoms with E-state index in [0.717, 1.165) is 58.7 Å². The summed E-state index contributed by atoms with van der Waals surface area (Å²) >= 11 is 0. The van der Waals surface area contributed by atoms with E-state index in [-0.39, 0.29) is 63.9 Å². The molecule has 0 bridgehead atoms. The fraction of sp³-hybridized carbons (Fsp3) is 0.370. The number of oxime groups is 1. The van der Waals surface area contributed by atoms with Gasteiger partial charge in [-0.3, -0.25) is 4.90 Å². The van der Waals surface area contributed by atoms with Gasteiger partial charge in [-0.05, 0) is 107 Å². The first-order valence-electron chi connectivity index (χ1n) is 23.1. The van der Waals surface area contributed by atoms with Crippen LogP contribution in [-0.4, -0.2) is 72.5 Å². The number of aliphatic hydroxyl groups is 2. The van der Waals surface area contributed by atoms with Crippen LogP contribution in [0.2, 0.25) is 0 Å². The van der Waals surface area contributed by atoms with Gasteiger partial charge in [0, 0.05) is 37.7 Å². The minimum atomic E-state index is -1.48. The van der Waals surface area contributed by atoms with E-state index in [1.165, 1.54) is 7.11 Å². The molecule has 0 aromatic heterocycles. The van der Waals surface area contributed by atoms with Gasteiger partial charge in [-0.25, -0.2) is 4.79 Å². The molecule has 344 valence electrons.